The number of pyridine rings is 1. The van der Waals surface area contributed by atoms with Crippen molar-refractivity contribution in [1.82, 2.24) is 9.38 Å². The lowest BCUT2D eigenvalue weighted by atomic mass is 9.87. The van der Waals surface area contributed by atoms with Crippen molar-refractivity contribution in [2.24, 2.45) is 5.41 Å². The van der Waals surface area contributed by atoms with Gasteiger partial charge in [-0.1, -0.05) is 93.1 Å². The van der Waals surface area contributed by atoms with Crippen LogP contribution in [0.5, 0.6) is 0 Å². The molecule has 0 saturated carbocycles. The van der Waals surface area contributed by atoms with Gasteiger partial charge in [-0.3, -0.25) is 4.40 Å². The smallest absolute Gasteiger partial charge is 0.0997 e. The van der Waals surface area contributed by atoms with E-state index in [2.05, 4.69) is 104 Å². The summed E-state index contributed by atoms with van der Waals surface area (Å²) in [6, 6.07) is 23.7. The maximum absolute atomic E-state index is 4.47. The molecule has 0 bridgehead atoms. The molecule has 4 rings (SSSR count). The number of nitrogens with zero attached hydrogens (tertiary/aromatic N) is 2. The third-order valence-corrected chi connectivity index (χ3v) is 4.88. The van der Waals surface area contributed by atoms with E-state index in [1.807, 2.05) is 18.6 Å². The van der Waals surface area contributed by atoms with Gasteiger partial charge in [-0.15, -0.1) is 0 Å². The quantitative estimate of drug-likeness (QED) is 0.390. The molecule has 0 N–H and O–H groups in total. The van der Waals surface area contributed by atoms with Crippen molar-refractivity contribution < 1.29 is 0 Å². The molecule has 0 spiro atoms. The third kappa shape index (κ3) is 3.63. The lowest BCUT2D eigenvalue weighted by Crippen LogP contribution is -2.03. The van der Waals surface area contributed by atoms with Crippen molar-refractivity contribution in [2.45, 2.75) is 27.7 Å². The maximum atomic E-state index is 4.47. The average Bonchev–Trinajstić information content (AvgIpc) is 3.16. The zero-order valence-corrected chi connectivity index (χ0v) is 17.0. The summed E-state index contributed by atoms with van der Waals surface area (Å²) in [5, 5.41) is 0. The summed E-state index contributed by atoms with van der Waals surface area (Å²) in [7, 11) is 0. The second-order valence-corrected chi connectivity index (χ2v) is 8.44. The highest BCUT2D eigenvalue weighted by molar-refractivity contribution is 5.89. The molecule has 0 amide bonds. The second kappa shape index (κ2) is 7.12. The van der Waals surface area contributed by atoms with Crippen LogP contribution in [0.4, 0.5) is 0 Å². The number of hydrogen-bond donors (Lipinski definition) is 0. The van der Waals surface area contributed by atoms with Crippen LogP contribution in [0.15, 0.2) is 85.3 Å². The molecule has 0 fully saturated rings. The fourth-order valence-electron chi connectivity index (χ4n) is 3.57. The van der Waals surface area contributed by atoms with Crippen LogP contribution in [0.2, 0.25) is 0 Å². The number of benzene rings is 2. The van der Waals surface area contributed by atoms with Gasteiger partial charge in [0.15, 0.2) is 0 Å². The van der Waals surface area contributed by atoms with Crippen LogP contribution in [-0.2, 0) is 0 Å². The fourth-order valence-corrected chi connectivity index (χ4v) is 3.57. The minimum Gasteiger partial charge on any atom is -0.298 e. The zero-order chi connectivity index (χ0) is 19.7. The number of aromatic nitrogens is 2. The Morgan fingerprint density at radius 1 is 0.893 bits per heavy atom. The highest BCUT2D eigenvalue weighted by Crippen LogP contribution is 2.34. The summed E-state index contributed by atoms with van der Waals surface area (Å²) in [4.78, 5) is 4.47. The van der Waals surface area contributed by atoms with Crippen LogP contribution < -0.4 is 0 Å². The average molecular weight is 367 g/mol. The van der Waals surface area contributed by atoms with Gasteiger partial charge in [0.2, 0.25) is 0 Å². The number of hydrogen-bond acceptors (Lipinski definition) is 1. The van der Waals surface area contributed by atoms with Gasteiger partial charge in [-0.05, 0) is 35.1 Å². The van der Waals surface area contributed by atoms with Crippen LogP contribution >= 0.6 is 0 Å². The molecule has 0 unspecified atom stereocenters. The van der Waals surface area contributed by atoms with Crippen LogP contribution in [0, 0.1) is 12.3 Å². The van der Waals surface area contributed by atoms with Gasteiger partial charge in [-0.25, -0.2) is 4.98 Å². The minimum atomic E-state index is 0.0648. The van der Waals surface area contributed by atoms with Gasteiger partial charge in [0.1, 0.15) is 0 Å². The minimum absolute atomic E-state index is 0.0648. The molecule has 0 saturated heterocycles. The summed E-state index contributed by atoms with van der Waals surface area (Å²) in [6.07, 6.45) is 6.24. The SMILES string of the molecule is Cc1ccc(/C(=C\C(C)(C)C)c2ccc(-c3ccccc3)n3cncc23)cc1. The van der Waals surface area contributed by atoms with Crippen molar-refractivity contribution in [3.8, 4) is 11.3 Å². The van der Waals surface area contributed by atoms with E-state index in [0.717, 1.165) is 11.2 Å². The predicted molar refractivity (Wildman–Crippen MR) is 118 cm³/mol. The lowest BCUT2D eigenvalue weighted by Gasteiger charge is -2.19. The monoisotopic (exact) mass is 366 g/mol. The molecule has 0 aliphatic carbocycles. The van der Waals surface area contributed by atoms with Gasteiger partial charge in [-0.2, -0.15) is 0 Å². The maximum Gasteiger partial charge on any atom is 0.0997 e. The molecule has 0 radical (unpaired) electrons. The molecule has 0 aliphatic heterocycles. The highest BCUT2D eigenvalue weighted by atomic mass is 15.0. The Labute approximate surface area is 167 Å². The summed E-state index contributed by atoms with van der Waals surface area (Å²) >= 11 is 0. The van der Waals surface area contributed by atoms with Crippen molar-refractivity contribution in [2.75, 3.05) is 0 Å². The van der Waals surface area contributed by atoms with E-state index in [1.165, 1.54) is 27.8 Å². The standard InChI is InChI=1S/C26H26N2/c1-19-10-12-20(13-11-19)23(16-26(2,3)4)22-14-15-24(21-8-6-5-7-9-21)28-18-27-17-25(22)28/h5-18H,1-4H3/b23-16+. The van der Waals surface area contributed by atoms with E-state index < -0.39 is 0 Å². The molecule has 2 heteroatoms. The van der Waals surface area contributed by atoms with Crippen molar-refractivity contribution in [1.29, 1.82) is 0 Å². The fraction of sp³-hybridized carbons (Fsp3) is 0.192. The van der Waals surface area contributed by atoms with Crippen molar-refractivity contribution in [3.63, 3.8) is 0 Å². The molecule has 2 aromatic heterocycles. The van der Waals surface area contributed by atoms with E-state index in [-0.39, 0.29) is 5.41 Å². The molecular formula is C26H26N2. The molecule has 28 heavy (non-hydrogen) atoms. The molecule has 2 heterocycles. The number of imidazole rings is 1. The first-order chi connectivity index (χ1) is 13.4. The molecule has 0 aliphatic rings. The third-order valence-electron chi connectivity index (χ3n) is 4.88. The van der Waals surface area contributed by atoms with Gasteiger partial charge >= 0.3 is 0 Å². The first kappa shape index (κ1) is 18.2. The topological polar surface area (TPSA) is 17.3 Å². The van der Waals surface area contributed by atoms with Gasteiger partial charge in [0.05, 0.1) is 23.7 Å². The van der Waals surface area contributed by atoms with E-state index in [4.69, 9.17) is 0 Å². The molecule has 140 valence electrons. The van der Waals surface area contributed by atoms with Gasteiger partial charge in [0, 0.05) is 5.56 Å². The number of allylic oxidation sites excluding steroid dienone is 1. The molecule has 0 atom stereocenters. The largest absolute Gasteiger partial charge is 0.298 e. The van der Waals surface area contributed by atoms with Crippen LogP contribution in [0.1, 0.15) is 37.5 Å². The number of rotatable bonds is 3. The zero-order valence-electron chi connectivity index (χ0n) is 17.0. The Kier molecular flexibility index (Phi) is 4.64. The van der Waals surface area contributed by atoms with Crippen molar-refractivity contribution >= 4 is 11.1 Å². The van der Waals surface area contributed by atoms with Crippen LogP contribution in [-0.4, -0.2) is 9.38 Å². The predicted octanol–water partition coefficient (Wildman–Crippen LogP) is 6.79. The van der Waals surface area contributed by atoms with Crippen LogP contribution in [0.25, 0.3) is 22.3 Å². The first-order valence-corrected chi connectivity index (χ1v) is 9.73. The molecule has 2 nitrogen and oxygen atoms in total. The summed E-state index contributed by atoms with van der Waals surface area (Å²) in [5.74, 6) is 0. The number of fused-ring (bicyclic) bond motifs is 1. The lowest BCUT2D eigenvalue weighted by molar-refractivity contribution is 0.546. The van der Waals surface area contributed by atoms with Gasteiger partial charge in [0.25, 0.3) is 0 Å². The molecule has 2 aromatic carbocycles. The summed E-state index contributed by atoms with van der Waals surface area (Å²) in [6.45, 7) is 8.86. The van der Waals surface area contributed by atoms with Crippen LogP contribution in [0.3, 0.4) is 0 Å². The Bertz CT molecular complexity index is 1120. The molecular weight excluding hydrogens is 340 g/mol. The Balaban J connectivity index is 1.94. The molecule has 4 aromatic rings. The van der Waals surface area contributed by atoms with E-state index in [1.54, 1.807) is 0 Å². The van der Waals surface area contributed by atoms with Gasteiger partial charge < -0.3 is 0 Å². The van der Waals surface area contributed by atoms with E-state index >= 15 is 0 Å². The van der Waals surface area contributed by atoms with E-state index in [0.29, 0.717) is 0 Å². The number of aryl methyl sites for hydroxylation is 1. The summed E-state index contributed by atoms with van der Waals surface area (Å²) < 4.78 is 2.19. The second-order valence-electron chi connectivity index (χ2n) is 8.44. The Morgan fingerprint density at radius 3 is 2.29 bits per heavy atom. The normalized spacial score (nSPS) is 12.5. The Hall–Kier alpha value is -3.13. The summed E-state index contributed by atoms with van der Waals surface area (Å²) in [5.41, 5.74) is 8.48. The first-order valence-electron chi connectivity index (χ1n) is 9.73. The van der Waals surface area contributed by atoms with Crippen molar-refractivity contribution in [3.05, 3.63) is 102 Å². The highest BCUT2D eigenvalue weighted by Gasteiger charge is 2.16. The Morgan fingerprint density at radius 2 is 1.61 bits per heavy atom. The van der Waals surface area contributed by atoms with E-state index in [9.17, 15) is 0 Å².